The highest BCUT2D eigenvalue weighted by atomic mass is 19.4. The molecule has 3 fully saturated rings. The molecule has 1 saturated carbocycles. The fourth-order valence-electron chi connectivity index (χ4n) is 3.62. The Kier molecular flexibility index (Phi) is 5.27. The van der Waals surface area contributed by atoms with Crippen LogP contribution in [0.5, 0.6) is 0 Å². The Bertz CT molecular complexity index is 643. The van der Waals surface area contributed by atoms with E-state index in [1.807, 2.05) is 12.1 Å². The molecule has 1 amide bonds. The summed E-state index contributed by atoms with van der Waals surface area (Å²) in [5.74, 6) is -0.275. The van der Waals surface area contributed by atoms with Gasteiger partial charge in [0, 0.05) is 25.0 Å². The van der Waals surface area contributed by atoms with Crippen LogP contribution in [0.4, 0.5) is 13.2 Å². The number of amides is 1. The highest BCUT2D eigenvalue weighted by Crippen LogP contribution is 2.37. The first-order chi connectivity index (χ1) is 12.3. The second-order valence-corrected chi connectivity index (χ2v) is 6.99. The Morgan fingerprint density at radius 2 is 1.92 bits per heavy atom. The van der Waals surface area contributed by atoms with Crippen LogP contribution in [-0.2, 0) is 16.1 Å². The van der Waals surface area contributed by atoms with E-state index >= 15 is 0 Å². The molecule has 6 nitrogen and oxygen atoms in total. The molecule has 1 aromatic heterocycles. The van der Waals surface area contributed by atoms with Crippen LogP contribution in [0.3, 0.4) is 0 Å². The van der Waals surface area contributed by atoms with Crippen LogP contribution in [0.25, 0.3) is 0 Å². The zero-order chi connectivity index (χ0) is 18.9. The largest absolute Gasteiger partial charge is 0.490 e. The lowest BCUT2D eigenvalue weighted by Crippen LogP contribution is -2.37. The number of alkyl halides is 3. The molecule has 9 heteroatoms. The van der Waals surface area contributed by atoms with Gasteiger partial charge in [-0.1, -0.05) is 0 Å². The summed E-state index contributed by atoms with van der Waals surface area (Å²) >= 11 is 0. The molecule has 3 heterocycles. The molecule has 0 aromatic carbocycles. The Morgan fingerprint density at radius 3 is 2.46 bits per heavy atom. The van der Waals surface area contributed by atoms with Crippen molar-refractivity contribution >= 4 is 11.9 Å². The average Bonchev–Trinajstić information content (AvgIpc) is 2.97. The number of carboxylic acids is 1. The van der Waals surface area contributed by atoms with Crippen molar-refractivity contribution in [2.24, 2.45) is 11.8 Å². The van der Waals surface area contributed by atoms with Gasteiger partial charge >= 0.3 is 12.1 Å². The van der Waals surface area contributed by atoms with Gasteiger partial charge in [-0.05, 0) is 43.9 Å². The highest BCUT2D eigenvalue weighted by Gasteiger charge is 2.45. The smallest absolute Gasteiger partial charge is 0.475 e. The second-order valence-electron chi connectivity index (χ2n) is 6.99. The van der Waals surface area contributed by atoms with E-state index < -0.39 is 12.1 Å². The van der Waals surface area contributed by atoms with E-state index in [2.05, 4.69) is 9.80 Å². The first kappa shape index (κ1) is 18.8. The van der Waals surface area contributed by atoms with Gasteiger partial charge in [0.05, 0.1) is 12.8 Å². The van der Waals surface area contributed by atoms with Crippen molar-refractivity contribution in [1.82, 2.24) is 9.80 Å². The van der Waals surface area contributed by atoms with E-state index in [0.717, 1.165) is 44.8 Å². The molecule has 26 heavy (non-hydrogen) atoms. The van der Waals surface area contributed by atoms with Crippen LogP contribution < -0.4 is 0 Å². The molecule has 1 aromatic rings. The van der Waals surface area contributed by atoms with Crippen LogP contribution in [0.2, 0.25) is 0 Å². The van der Waals surface area contributed by atoms with Gasteiger partial charge in [0.2, 0.25) is 5.91 Å². The minimum absolute atomic E-state index is 0.359. The summed E-state index contributed by atoms with van der Waals surface area (Å²) in [5, 5.41) is 7.12. The SMILES string of the molecule is O=C(C1CC1)N1C[C@@H]2CCN(Cc3ccco3)[C@@H]2C1.O=C(O)C(F)(F)F. The van der Waals surface area contributed by atoms with Crippen molar-refractivity contribution in [2.45, 2.75) is 38.0 Å². The Labute approximate surface area is 148 Å². The number of carbonyl (C=O) groups is 2. The van der Waals surface area contributed by atoms with E-state index in [1.165, 1.54) is 6.42 Å². The van der Waals surface area contributed by atoms with Gasteiger partial charge in [-0.3, -0.25) is 9.69 Å². The molecule has 144 valence electrons. The number of rotatable bonds is 3. The van der Waals surface area contributed by atoms with Gasteiger partial charge in [-0.25, -0.2) is 4.79 Å². The summed E-state index contributed by atoms with van der Waals surface area (Å²) in [6, 6.07) is 4.53. The van der Waals surface area contributed by atoms with Gasteiger partial charge in [-0.2, -0.15) is 13.2 Å². The van der Waals surface area contributed by atoms with Crippen molar-refractivity contribution in [1.29, 1.82) is 0 Å². The normalized spacial score (nSPS) is 25.6. The molecule has 0 radical (unpaired) electrons. The lowest BCUT2D eigenvalue weighted by atomic mass is 10.1. The van der Waals surface area contributed by atoms with Crippen LogP contribution in [-0.4, -0.2) is 58.6 Å². The van der Waals surface area contributed by atoms with Gasteiger partial charge in [0.1, 0.15) is 5.76 Å². The fraction of sp³-hybridized carbons (Fsp3) is 0.647. The van der Waals surface area contributed by atoms with Crippen molar-refractivity contribution in [3.63, 3.8) is 0 Å². The van der Waals surface area contributed by atoms with Crippen LogP contribution >= 0.6 is 0 Å². The summed E-state index contributed by atoms with van der Waals surface area (Å²) in [5.41, 5.74) is 0. The van der Waals surface area contributed by atoms with E-state index in [4.69, 9.17) is 14.3 Å². The zero-order valence-corrected chi connectivity index (χ0v) is 14.1. The summed E-state index contributed by atoms with van der Waals surface area (Å²) in [6.45, 7) is 3.94. The molecule has 4 rings (SSSR count). The monoisotopic (exact) mass is 374 g/mol. The number of halogens is 3. The minimum atomic E-state index is -5.08. The number of carbonyl (C=O) groups excluding carboxylic acids is 1. The molecule has 3 aliphatic rings. The summed E-state index contributed by atoms with van der Waals surface area (Å²) in [4.78, 5) is 25.6. The van der Waals surface area contributed by atoms with Crippen molar-refractivity contribution in [3.8, 4) is 0 Å². The maximum absolute atomic E-state index is 12.2. The maximum atomic E-state index is 12.2. The van der Waals surface area contributed by atoms with E-state index in [9.17, 15) is 18.0 Å². The molecule has 0 spiro atoms. The fourth-order valence-corrected chi connectivity index (χ4v) is 3.62. The summed E-state index contributed by atoms with van der Waals surface area (Å²) < 4.78 is 37.2. The van der Waals surface area contributed by atoms with Crippen molar-refractivity contribution in [2.75, 3.05) is 19.6 Å². The Morgan fingerprint density at radius 1 is 1.23 bits per heavy atom. The van der Waals surface area contributed by atoms with Gasteiger partial charge in [0.25, 0.3) is 0 Å². The van der Waals surface area contributed by atoms with Crippen molar-refractivity contribution in [3.05, 3.63) is 24.2 Å². The minimum Gasteiger partial charge on any atom is -0.475 e. The lowest BCUT2D eigenvalue weighted by molar-refractivity contribution is -0.192. The molecule has 0 bridgehead atoms. The molecule has 1 N–H and O–H groups in total. The highest BCUT2D eigenvalue weighted by molar-refractivity contribution is 5.81. The molecular weight excluding hydrogens is 353 g/mol. The zero-order valence-electron chi connectivity index (χ0n) is 14.1. The van der Waals surface area contributed by atoms with Crippen LogP contribution in [0.1, 0.15) is 25.0 Å². The first-order valence-corrected chi connectivity index (χ1v) is 8.61. The number of likely N-dealkylation sites (tertiary alicyclic amines) is 2. The van der Waals surface area contributed by atoms with E-state index in [-0.39, 0.29) is 0 Å². The average molecular weight is 374 g/mol. The van der Waals surface area contributed by atoms with Gasteiger partial charge in [0.15, 0.2) is 0 Å². The third-order valence-electron chi connectivity index (χ3n) is 5.08. The number of hydrogen-bond acceptors (Lipinski definition) is 4. The van der Waals surface area contributed by atoms with E-state index in [0.29, 0.717) is 23.8 Å². The van der Waals surface area contributed by atoms with E-state index in [1.54, 1.807) is 6.26 Å². The standard InChI is InChI=1S/C15H20N2O2.C2HF3O2/c18-15(11-3-4-11)17-8-12-5-6-16(14(12)10-17)9-13-2-1-7-19-13;3-2(4,5)1(6)7/h1-2,7,11-12,14H,3-6,8-10H2;(H,6,7)/t12-,14+;/m0./s1. The van der Waals surface area contributed by atoms with Gasteiger partial charge in [-0.15, -0.1) is 0 Å². The second kappa shape index (κ2) is 7.30. The topological polar surface area (TPSA) is 74.0 Å². The molecule has 0 unspecified atom stereocenters. The third kappa shape index (κ3) is 4.38. The Hall–Kier alpha value is -2.03. The number of furan rings is 1. The number of nitrogens with zero attached hydrogens (tertiary/aromatic N) is 2. The first-order valence-electron chi connectivity index (χ1n) is 8.61. The van der Waals surface area contributed by atoms with Crippen LogP contribution in [0, 0.1) is 11.8 Å². The Balaban J connectivity index is 0.000000242. The predicted molar refractivity (Wildman–Crippen MR) is 84.0 cm³/mol. The molecule has 2 aliphatic heterocycles. The molecule has 2 saturated heterocycles. The maximum Gasteiger partial charge on any atom is 0.490 e. The quantitative estimate of drug-likeness (QED) is 0.879. The van der Waals surface area contributed by atoms with Crippen molar-refractivity contribution < 1.29 is 32.3 Å². The molecule has 1 aliphatic carbocycles. The number of carboxylic acid groups (broad SMARTS) is 1. The lowest BCUT2D eigenvalue weighted by Gasteiger charge is -2.23. The van der Waals surface area contributed by atoms with Crippen LogP contribution in [0.15, 0.2) is 22.8 Å². The number of hydrogen-bond donors (Lipinski definition) is 1. The molecular formula is C17H21F3N2O4. The summed E-state index contributed by atoms with van der Waals surface area (Å²) in [6.07, 6.45) is 0.0990. The summed E-state index contributed by atoms with van der Waals surface area (Å²) in [7, 11) is 0. The van der Waals surface area contributed by atoms with Gasteiger partial charge < -0.3 is 14.4 Å². The third-order valence-corrected chi connectivity index (χ3v) is 5.08. The number of aliphatic carboxylic acids is 1. The molecule has 2 atom stereocenters. The predicted octanol–water partition coefficient (Wildman–Crippen LogP) is 2.36. The number of fused-ring (bicyclic) bond motifs is 1.